The Morgan fingerprint density at radius 2 is 1.49 bits per heavy atom. The van der Waals surface area contributed by atoms with E-state index in [0.29, 0.717) is 52.0 Å². The van der Waals surface area contributed by atoms with Crippen molar-refractivity contribution in [2.24, 2.45) is 0 Å². The predicted octanol–water partition coefficient (Wildman–Crippen LogP) is 2.10. The first-order chi connectivity index (χ1) is 18.8. The van der Waals surface area contributed by atoms with Crippen molar-refractivity contribution in [2.45, 2.75) is 44.4 Å². The Bertz CT molecular complexity index is 1420. The highest BCUT2D eigenvalue weighted by molar-refractivity contribution is 6.10. The molecule has 39 heavy (non-hydrogen) atoms. The Labute approximate surface area is 226 Å². The predicted molar refractivity (Wildman–Crippen MR) is 137 cm³/mol. The average Bonchev–Trinajstić information content (AvgIpc) is 3.42. The van der Waals surface area contributed by atoms with E-state index in [1.165, 1.54) is 12.0 Å². The molecule has 1 N–H and O–H groups in total. The van der Waals surface area contributed by atoms with Gasteiger partial charge in [0.15, 0.2) is 28.8 Å². The quantitative estimate of drug-likeness (QED) is 0.605. The van der Waals surface area contributed by atoms with E-state index in [9.17, 15) is 14.7 Å². The van der Waals surface area contributed by atoms with Gasteiger partial charge in [0.2, 0.25) is 12.7 Å². The van der Waals surface area contributed by atoms with E-state index in [-0.39, 0.29) is 24.0 Å². The molecule has 2 aromatic rings. The molecule has 4 atom stereocenters. The van der Waals surface area contributed by atoms with Crippen molar-refractivity contribution in [1.29, 1.82) is 0 Å². The number of fused-ring (bicyclic) bond motifs is 9. The van der Waals surface area contributed by atoms with Crippen molar-refractivity contribution in [3.05, 3.63) is 33.4 Å². The van der Waals surface area contributed by atoms with Crippen LogP contribution in [0.25, 0.3) is 0 Å². The molecule has 0 saturated carbocycles. The standard InChI is InChI=1S/C28H32N2O9/c1-11-22(34-4)13-8-14-28(33)30-15(9-31)17-18(23(35-5)12(2)25-27(17)39-10-38-25)21(32)20(30)19(29(14)3)16(13)26(37-7)24(11)36-6/h14-15,19-20,31H,8-10H2,1-7H3/t14-,15-,19-,20+/m0/s1. The summed E-state index contributed by atoms with van der Waals surface area (Å²) in [5.41, 5.74) is 3.61. The van der Waals surface area contributed by atoms with Crippen LogP contribution in [0.5, 0.6) is 34.5 Å². The maximum atomic E-state index is 14.6. The van der Waals surface area contributed by atoms with E-state index in [1.807, 2.05) is 18.9 Å². The highest BCUT2D eigenvalue weighted by Crippen LogP contribution is 2.58. The minimum absolute atomic E-state index is 0.0308. The molecule has 0 aliphatic carbocycles. The number of carbonyl (C=O) groups excluding carboxylic acids is 2. The lowest BCUT2D eigenvalue weighted by atomic mass is 9.73. The van der Waals surface area contributed by atoms with Crippen LogP contribution in [-0.4, -0.2) is 87.6 Å². The largest absolute Gasteiger partial charge is 0.496 e. The highest BCUT2D eigenvalue weighted by Gasteiger charge is 2.59. The van der Waals surface area contributed by atoms with E-state index in [4.69, 9.17) is 28.4 Å². The molecule has 2 bridgehead atoms. The molecule has 2 aromatic carbocycles. The first kappa shape index (κ1) is 25.6. The molecule has 0 spiro atoms. The monoisotopic (exact) mass is 540 g/mol. The third-order valence-electron chi connectivity index (χ3n) is 8.70. The number of rotatable bonds is 5. The van der Waals surface area contributed by atoms with Crippen LogP contribution in [-0.2, 0) is 11.2 Å². The summed E-state index contributed by atoms with van der Waals surface area (Å²) in [6.07, 6.45) is 0.336. The molecule has 0 radical (unpaired) electrons. The van der Waals surface area contributed by atoms with Gasteiger partial charge in [-0.2, -0.15) is 0 Å². The van der Waals surface area contributed by atoms with Gasteiger partial charge in [-0.25, -0.2) is 0 Å². The lowest BCUT2D eigenvalue weighted by molar-refractivity contribution is -0.155. The van der Waals surface area contributed by atoms with Crippen LogP contribution in [0.4, 0.5) is 0 Å². The van der Waals surface area contributed by atoms with Crippen molar-refractivity contribution in [2.75, 3.05) is 48.9 Å². The van der Waals surface area contributed by atoms with E-state index in [1.54, 1.807) is 28.3 Å². The summed E-state index contributed by atoms with van der Waals surface area (Å²) in [4.78, 5) is 32.3. The summed E-state index contributed by atoms with van der Waals surface area (Å²) in [5.74, 6) is 2.18. The number of benzene rings is 2. The summed E-state index contributed by atoms with van der Waals surface area (Å²) in [5, 5.41) is 10.8. The Hall–Kier alpha value is -3.70. The van der Waals surface area contributed by atoms with Gasteiger partial charge in [-0.05, 0) is 20.9 Å². The first-order valence-electron chi connectivity index (χ1n) is 12.8. The third-order valence-corrected chi connectivity index (χ3v) is 8.70. The second-order valence-corrected chi connectivity index (χ2v) is 10.2. The summed E-state index contributed by atoms with van der Waals surface area (Å²) < 4.78 is 34.8. The number of aliphatic hydroxyl groups excluding tert-OH is 1. The number of amides is 1. The van der Waals surface area contributed by atoms with Crippen LogP contribution in [0, 0.1) is 13.8 Å². The lowest BCUT2D eigenvalue weighted by Crippen LogP contribution is -2.68. The van der Waals surface area contributed by atoms with Gasteiger partial charge in [-0.3, -0.25) is 14.5 Å². The van der Waals surface area contributed by atoms with Gasteiger partial charge >= 0.3 is 0 Å². The number of nitrogens with zero attached hydrogens (tertiary/aromatic N) is 2. The second kappa shape index (κ2) is 8.92. The minimum atomic E-state index is -0.984. The highest BCUT2D eigenvalue weighted by atomic mass is 16.7. The Balaban J connectivity index is 1.68. The number of hydrogen-bond acceptors (Lipinski definition) is 10. The number of likely N-dealkylation sites (N-methyl/N-ethyl adjacent to an activating group) is 1. The zero-order valence-electron chi connectivity index (χ0n) is 23.0. The number of carbonyl (C=O) groups is 2. The molecular formula is C28H32N2O9. The number of Topliss-reactive ketones (excluding diaryl/α,β-unsaturated/α-hetero) is 1. The zero-order chi connectivity index (χ0) is 27.9. The van der Waals surface area contributed by atoms with Crippen molar-refractivity contribution in [1.82, 2.24) is 9.80 Å². The summed E-state index contributed by atoms with van der Waals surface area (Å²) in [6, 6.07) is -3.03. The Morgan fingerprint density at radius 3 is 2.10 bits per heavy atom. The molecule has 1 saturated heterocycles. The summed E-state index contributed by atoms with van der Waals surface area (Å²) >= 11 is 0. The fourth-order valence-corrected chi connectivity index (χ4v) is 7.14. The molecule has 11 nitrogen and oxygen atoms in total. The number of hydrogen-bond donors (Lipinski definition) is 1. The van der Waals surface area contributed by atoms with Crippen molar-refractivity contribution < 1.29 is 43.1 Å². The summed E-state index contributed by atoms with van der Waals surface area (Å²) in [6.45, 7) is 3.23. The molecule has 6 rings (SSSR count). The van der Waals surface area contributed by atoms with Crippen molar-refractivity contribution >= 4 is 11.7 Å². The van der Waals surface area contributed by atoms with E-state index >= 15 is 0 Å². The average molecular weight is 541 g/mol. The molecule has 4 heterocycles. The van der Waals surface area contributed by atoms with Gasteiger partial charge < -0.3 is 38.4 Å². The Kier molecular flexibility index (Phi) is 5.85. The van der Waals surface area contributed by atoms with Gasteiger partial charge in [-0.1, -0.05) is 0 Å². The van der Waals surface area contributed by atoms with Gasteiger partial charge in [0, 0.05) is 34.2 Å². The Morgan fingerprint density at radius 1 is 0.846 bits per heavy atom. The lowest BCUT2D eigenvalue weighted by Gasteiger charge is -2.56. The number of methoxy groups -OCH3 is 4. The van der Waals surface area contributed by atoms with Crippen molar-refractivity contribution in [3.63, 3.8) is 0 Å². The molecule has 0 unspecified atom stereocenters. The molecule has 1 amide bonds. The second-order valence-electron chi connectivity index (χ2n) is 10.2. The van der Waals surface area contributed by atoms with Crippen LogP contribution in [0.3, 0.4) is 0 Å². The normalized spacial score (nSPS) is 24.7. The number of ketones is 1. The van der Waals surface area contributed by atoms with Crippen LogP contribution < -0.4 is 28.4 Å². The maximum absolute atomic E-state index is 14.6. The van der Waals surface area contributed by atoms with Gasteiger partial charge in [0.1, 0.15) is 17.5 Å². The minimum Gasteiger partial charge on any atom is -0.496 e. The molecule has 11 heteroatoms. The van der Waals surface area contributed by atoms with Crippen molar-refractivity contribution in [3.8, 4) is 34.5 Å². The fraction of sp³-hybridized carbons (Fsp3) is 0.500. The molecule has 1 fully saturated rings. The zero-order valence-corrected chi connectivity index (χ0v) is 23.0. The van der Waals surface area contributed by atoms with Crippen LogP contribution >= 0.6 is 0 Å². The number of ether oxygens (including phenoxy) is 6. The molecule has 208 valence electrons. The molecule has 4 aliphatic rings. The molecule has 0 aromatic heterocycles. The summed E-state index contributed by atoms with van der Waals surface area (Å²) in [7, 11) is 8.03. The van der Waals surface area contributed by atoms with Gasteiger partial charge in [-0.15, -0.1) is 0 Å². The number of aliphatic hydroxyl groups is 1. The van der Waals surface area contributed by atoms with Crippen LogP contribution in [0.2, 0.25) is 0 Å². The van der Waals surface area contributed by atoms with Gasteiger partial charge in [0.05, 0.1) is 58.7 Å². The SMILES string of the molecule is COc1c(C)c(OC)c(OC)c2c1C[C@H]1C(=O)N3[C@@H](CO)c4c5c(c(C)c(OC)c4C(=O)[C@H]3[C@H]2N1C)OCO5. The third kappa shape index (κ3) is 3.05. The van der Waals surface area contributed by atoms with Crippen LogP contribution in [0.1, 0.15) is 50.3 Å². The maximum Gasteiger partial charge on any atom is 0.241 e. The first-order valence-corrected chi connectivity index (χ1v) is 12.8. The fourth-order valence-electron chi connectivity index (χ4n) is 7.14. The number of piperazine rings is 1. The van der Waals surface area contributed by atoms with E-state index < -0.39 is 30.8 Å². The van der Waals surface area contributed by atoms with Crippen LogP contribution in [0.15, 0.2) is 0 Å². The van der Waals surface area contributed by atoms with Gasteiger partial charge in [0.25, 0.3) is 0 Å². The van der Waals surface area contributed by atoms with E-state index in [2.05, 4.69) is 0 Å². The van der Waals surface area contributed by atoms with E-state index in [0.717, 1.165) is 16.7 Å². The topological polar surface area (TPSA) is 116 Å². The molecule has 4 aliphatic heterocycles. The molecular weight excluding hydrogens is 508 g/mol. The smallest absolute Gasteiger partial charge is 0.241 e.